The fourth-order valence-electron chi connectivity index (χ4n) is 5.14. The molecule has 2 aliphatic carbocycles. The molecule has 0 atom stereocenters. The van der Waals surface area contributed by atoms with Crippen LogP contribution in [0, 0.1) is 23.7 Å². The van der Waals surface area contributed by atoms with Crippen molar-refractivity contribution in [3.05, 3.63) is 0 Å². The van der Waals surface area contributed by atoms with Crippen molar-refractivity contribution in [2.75, 3.05) is 11.5 Å². The predicted molar refractivity (Wildman–Crippen MR) is 125 cm³/mol. The topological polar surface area (TPSA) is 57.2 Å². The van der Waals surface area contributed by atoms with E-state index >= 15 is 0 Å². The molecule has 0 unspecified atom stereocenters. The quantitative estimate of drug-likeness (QED) is 0.135. The van der Waals surface area contributed by atoms with E-state index in [1.54, 1.807) is 38.5 Å². The highest BCUT2D eigenvalue weighted by atomic mass is 32.2. The van der Waals surface area contributed by atoms with E-state index in [1.165, 1.54) is 56.5 Å². The Morgan fingerprint density at radius 1 is 1.00 bits per heavy atom. The van der Waals surface area contributed by atoms with Crippen LogP contribution in [-0.2, 0) is 21.5 Å². The van der Waals surface area contributed by atoms with Gasteiger partial charge in [0.25, 0.3) is 0 Å². The highest BCUT2D eigenvalue weighted by Gasteiger charge is 2.37. The van der Waals surface area contributed by atoms with Gasteiger partial charge in [-0.15, -0.1) is 0 Å². The zero-order chi connectivity index (χ0) is 22.9. The Kier molecular flexibility index (Phi) is 11.6. The lowest BCUT2D eigenvalue weighted by Gasteiger charge is -2.37. The Balaban J connectivity index is 0.000000366. The predicted octanol–water partition coefficient (Wildman–Crippen LogP) is 6.58. The largest absolute Gasteiger partial charge is 0.741 e. The molecule has 0 radical (unpaired) electrons. The Hall–Kier alpha value is 0.140. The van der Waals surface area contributed by atoms with Crippen molar-refractivity contribution < 1.29 is 26.1 Å². The standard InChI is InChI=1S/C21H37S2.CHF3O3S/c1-2-3-4-6-17-7-9-18(10-8-17)19-11-13-20(14-12-19)21-22-15-5-16-23-21;2-1(3,4)8(5,6)7/h17-20H,2-16H2,1H3;(H,5,6,7)/q+1;/p-1. The second kappa shape index (κ2) is 13.1. The molecule has 3 nitrogen and oxygen atoms in total. The van der Waals surface area contributed by atoms with Crippen LogP contribution >= 0.6 is 11.8 Å². The van der Waals surface area contributed by atoms with E-state index in [0.29, 0.717) is 0 Å². The van der Waals surface area contributed by atoms with Crippen molar-refractivity contribution in [3.8, 4) is 0 Å². The van der Waals surface area contributed by atoms with Crippen LogP contribution in [-0.4, -0.2) is 34.2 Å². The number of rotatable bonds is 6. The van der Waals surface area contributed by atoms with Gasteiger partial charge in [-0.25, -0.2) is 8.42 Å². The van der Waals surface area contributed by atoms with Crippen LogP contribution in [0.5, 0.6) is 0 Å². The van der Waals surface area contributed by atoms with Gasteiger partial charge in [0, 0.05) is 18.1 Å². The summed E-state index contributed by atoms with van der Waals surface area (Å²) >= 11 is 4.39. The summed E-state index contributed by atoms with van der Waals surface area (Å²) in [6.07, 6.45) is 19.6. The molecule has 1 aliphatic heterocycles. The number of alkyl halides is 3. The molecule has 2 saturated carbocycles. The van der Waals surface area contributed by atoms with Crippen molar-refractivity contribution in [1.82, 2.24) is 0 Å². The minimum Gasteiger partial charge on any atom is -0.741 e. The Morgan fingerprint density at radius 3 is 2.00 bits per heavy atom. The summed E-state index contributed by atoms with van der Waals surface area (Å²) < 4.78 is 60.7. The molecular weight excluding hydrogens is 465 g/mol. The minimum atomic E-state index is -6.09. The summed E-state index contributed by atoms with van der Waals surface area (Å²) in [5, 5.41) is 0. The minimum absolute atomic E-state index is 0.965. The molecule has 3 rings (SSSR count). The maximum Gasteiger partial charge on any atom is 0.485 e. The second-order valence-electron chi connectivity index (χ2n) is 9.16. The molecule has 9 heteroatoms. The highest BCUT2D eigenvalue weighted by molar-refractivity contribution is 8.23. The van der Waals surface area contributed by atoms with Crippen LogP contribution in [0.3, 0.4) is 0 Å². The normalized spacial score (nSPS) is 30.2. The average molecular weight is 503 g/mol. The van der Waals surface area contributed by atoms with E-state index in [1.807, 2.05) is 4.20 Å². The summed E-state index contributed by atoms with van der Waals surface area (Å²) in [4.78, 5) is 0. The van der Waals surface area contributed by atoms with E-state index in [-0.39, 0.29) is 0 Å². The fraction of sp³-hybridized carbons (Fsp3) is 0.955. The second-order valence-corrected chi connectivity index (χ2v) is 13.1. The van der Waals surface area contributed by atoms with E-state index in [0.717, 1.165) is 23.7 Å². The van der Waals surface area contributed by atoms with Crippen LogP contribution in [0.15, 0.2) is 0 Å². The van der Waals surface area contributed by atoms with Crippen molar-refractivity contribution >= 4 is 37.4 Å². The molecule has 31 heavy (non-hydrogen) atoms. The van der Waals surface area contributed by atoms with Gasteiger partial charge in [0.15, 0.2) is 27.2 Å². The van der Waals surface area contributed by atoms with Crippen molar-refractivity contribution in [2.24, 2.45) is 23.7 Å². The number of halogens is 3. The lowest BCUT2D eigenvalue weighted by molar-refractivity contribution is -0.0517. The third-order valence-electron chi connectivity index (χ3n) is 6.94. The van der Waals surface area contributed by atoms with E-state index in [4.69, 9.17) is 13.0 Å². The Morgan fingerprint density at radius 2 is 1.55 bits per heavy atom. The summed E-state index contributed by atoms with van der Waals surface area (Å²) in [5.74, 6) is 7.01. The van der Waals surface area contributed by atoms with Crippen molar-refractivity contribution in [2.45, 2.75) is 95.9 Å². The first kappa shape index (κ1) is 27.4. The zero-order valence-corrected chi connectivity index (χ0v) is 20.9. The number of thioether (sulfide) groups is 1. The first-order valence-corrected chi connectivity index (χ1v) is 15.1. The molecule has 0 amide bonds. The maximum absolute atomic E-state index is 10.7. The van der Waals surface area contributed by atoms with Gasteiger partial charge in [0.1, 0.15) is 0 Å². The molecule has 1 heterocycles. The van der Waals surface area contributed by atoms with Crippen LogP contribution in [0.2, 0.25) is 0 Å². The first-order valence-electron chi connectivity index (χ1n) is 11.8. The number of hydrogen-bond acceptors (Lipinski definition) is 4. The summed E-state index contributed by atoms with van der Waals surface area (Å²) in [7, 11) is -6.09. The van der Waals surface area contributed by atoms with Gasteiger partial charge >= 0.3 is 5.51 Å². The molecule has 3 aliphatic rings. The van der Waals surface area contributed by atoms with Crippen LogP contribution in [0.4, 0.5) is 13.2 Å². The van der Waals surface area contributed by atoms with Gasteiger partial charge in [0.2, 0.25) is 4.20 Å². The molecular formula is C22H37F3O3S3. The van der Waals surface area contributed by atoms with Gasteiger partial charge < -0.3 is 4.55 Å². The lowest BCUT2D eigenvalue weighted by Crippen LogP contribution is -2.28. The average Bonchev–Trinajstić information content (AvgIpc) is 2.74. The molecule has 0 aromatic rings. The highest BCUT2D eigenvalue weighted by Crippen LogP contribution is 2.43. The van der Waals surface area contributed by atoms with Crippen LogP contribution in [0.25, 0.3) is 0 Å². The van der Waals surface area contributed by atoms with Gasteiger partial charge in [-0.3, -0.25) is 0 Å². The smallest absolute Gasteiger partial charge is 0.485 e. The third kappa shape index (κ3) is 9.49. The fourth-order valence-corrected chi connectivity index (χ4v) is 8.08. The van der Waals surface area contributed by atoms with Crippen molar-refractivity contribution in [3.63, 3.8) is 0 Å². The third-order valence-corrected chi connectivity index (χ3v) is 10.4. The Labute approximate surface area is 194 Å². The molecule has 0 spiro atoms. The van der Waals surface area contributed by atoms with Crippen LogP contribution < -0.4 is 0 Å². The van der Waals surface area contributed by atoms with E-state index in [2.05, 4.69) is 30.0 Å². The van der Waals surface area contributed by atoms with Gasteiger partial charge in [0.05, 0.1) is 0 Å². The molecule has 182 valence electrons. The SMILES string of the molecule is CCCCCC1CCC(C2CCC(C3=[S+]CCCS3)CC2)CC1.O=S(=O)([O-])C(F)(F)F. The summed E-state index contributed by atoms with van der Waals surface area (Å²) in [6, 6.07) is 0. The molecule has 2 fully saturated rings. The Bertz CT molecular complexity index is 649. The van der Waals surface area contributed by atoms with E-state index in [9.17, 15) is 13.2 Å². The monoisotopic (exact) mass is 502 g/mol. The summed E-state index contributed by atoms with van der Waals surface area (Å²) in [5.41, 5.74) is -5.65. The lowest BCUT2D eigenvalue weighted by atomic mass is 9.69. The first-order chi connectivity index (χ1) is 14.6. The zero-order valence-electron chi connectivity index (χ0n) is 18.5. The molecule has 0 saturated heterocycles. The number of unbranched alkanes of at least 4 members (excludes halogenated alkanes) is 2. The molecule has 0 bridgehead atoms. The number of hydrogen-bond donors (Lipinski definition) is 0. The molecule has 0 N–H and O–H groups in total. The van der Waals surface area contributed by atoms with E-state index < -0.39 is 15.6 Å². The summed E-state index contributed by atoms with van der Waals surface area (Å²) in [6.45, 7) is 2.33. The van der Waals surface area contributed by atoms with Crippen molar-refractivity contribution in [1.29, 1.82) is 0 Å². The van der Waals surface area contributed by atoms with Gasteiger partial charge in [-0.2, -0.15) is 13.2 Å². The maximum atomic E-state index is 10.7. The van der Waals surface area contributed by atoms with Gasteiger partial charge in [-0.05, 0) is 56.3 Å². The molecule has 0 aromatic carbocycles. The van der Waals surface area contributed by atoms with Gasteiger partial charge in [-0.1, -0.05) is 57.2 Å². The van der Waals surface area contributed by atoms with Crippen LogP contribution in [0.1, 0.15) is 90.4 Å². The molecule has 0 aromatic heterocycles.